The summed E-state index contributed by atoms with van der Waals surface area (Å²) in [6.45, 7) is 5.56. The van der Waals surface area contributed by atoms with E-state index in [1.54, 1.807) is 10.6 Å². The molecule has 0 bridgehead atoms. The molecule has 0 atom stereocenters. The molecule has 0 saturated heterocycles. The molecular formula is C15H16Br2ClNO2. The molecule has 0 radical (unpaired) electrons. The number of fused-ring (bicyclic) bond motifs is 1. The van der Waals surface area contributed by atoms with Gasteiger partial charge in [0, 0.05) is 26.8 Å². The summed E-state index contributed by atoms with van der Waals surface area (Å²) in [5.41, 5.74) is 2.17. The number of benzene rings is 1. The summed E-state index contributed by atoms with van der Waals surface area (Å²) in [6, 6.07) is 5.50. The molecule has 1 heterocycles. The van der Waals surface area contributed by atoms with Crippen molar-refractivity contribution in [3.63, 3.8) is 0 Å². The van der Waals surface area contributed by atoms with Gasteiger partial charge in [-0.25, -0.2) is 9.36 Å². The third kappa shape index (κ3) is 3.46. The minimum atomic E-state index is -0.543. The number of carbonyl (C=O) groups is 1. The molecule has 0 saturated carbocycles. The van der Waals surface area contributed by atoms with Crippen molar-refractivity contribution in [2.45, 2.75) is 37.0 Å². The predicted octanol–water partition coefficient (Wildman–Crippen LogP) is 5.87. The van der Waals surface area contributed by atoms with Gasteiger partial charge in [-0.2, -0.15) is 0 Å². The predicted molar refractivity (Wildman–Crippen MR) is 93.8 cm³/mol. The van der Waals surface area contributed by atoms with E-state index in [0.717, 1.165) is 22.2 Å². The van der Waals surface area contributed by atoms with Crippen LogP contribution in [0.3, 0.4) is 0 Å². The van der Waals surface area contributed by atoms with Gasteiger partial charge in [-0.05, 0) is 44.5 Å². The Labute approximate surface area is 145 Å². The van der Waals surface area contributed by atoms with Crippen molar-refractivity contribution in [2.24, 2.45) is 0 Å². The Balaban J connectivity index is 2.69. The lowest BCUT2D eigenvalue weighted by Crippen LogP contribution is -2.28. The summed E-state index contributed by atoms with van der Waals surface area (Å²) < 4.78 is 7.13. The molecular weight excluding hydrogens is 421 g/mol. The molecule has 0 N–H and O–H groups in total. The van der Waals surface area contributed by atoms with Crippen LogP contribution in [0.2, 0.25) is 5.02 Å². The SMILES string of the molecule is CC(C)(C)OC(=O)n1c(CBr)c(CBr)c2cc(Cl)ccc21. The molecule has 21 heavy (non-hydrogen) atoms. The van der Waals surface area contributed by atoms with E-state index in [2.05, 4.69) is 31.9 Å². The molecule has 0 aliphatic heterocycles. The fraction of sp³-hybridized carbons (Fsp3) is 0.400. The third-order valence-corrected chi connectivity index (χ3v) is 4.31. The van der Waals surface area contributed by atoms with E-state index in [0.29, 0.717) is 15.7 Å². The van der Waals surface area contributed by atoms with Gasteiger partial charge in [-0.1, -0.05) is 43.5 Å². The number of halogens is 3. The smallest absolute Gasteiger partial charge is 0.419 e. The van der Waals surface area contributed by atoms with Crippen molar-refractivity contribution in [3.05, 3.63) is 34.5 Å². The summed E-state index contributed by atoms with van der Waals surface area (Å²) in [4.78, 5) is 12.5. The summed E-state index contributed by atoms with van der Waals surface area (Å²) >= 11 is 13.0. The highest BCUT2D eigenvalue weighted by molar-refractivity contribution is 9.09. The molecule has 6 heteroatoms. The van der Waals surface area contributed by atoms with Gasteiger partial charge in [0.25, 0.3) is 0 Å². The molecule has 0 aliphatic rings. The van der Waals surface area contributed by atoms with Crippen molar-refractivity contribution in [3.8, 4) is 0 Å². The molecule has 0 unspecified atom stereocenters. The molecule has 0 aliphatic carbocycles. The number of nitrogens with zero attached hydrogens (tertiary/aromatic N) is 1. The van der Waals surface area contributed by atoms with Crippen LogP contribution in [0.25, 0.3) is 10.9 Å². The van der Waals surface area contributed by atoms with Crippen LogP contribution in [-0.2, 0) is 15.4 Å². The average Bonchev–Trinajstić information content (AvgIpc) is 2.69. The van der Waals surface area contributed by atoms with Crippen molar-refractivity contribution in [1.29, 1.82) is 0 Å². The second kappa shape index (κ2) is 6.31. The van der Waals surface area contributed by atoms with Crippen molar-refractivity contribution >= 4 is 60.5 Å². The number of hydrogen-bond acceptors (Lipinski definition) is 2. The highest BCUT2D eigenvalue weighted by Crippen LogP contribution is 2.32. The first kappa shape index (κ1) is 16.8. The Morgan fingerprint density at radius 3 is 2.48 bits per heavy atom. The van der Waals surface area contributed by atoms with Crippen molar-refractivity contribution in [2.75, 3.05) is 0 Å². The van der Waals surface area contributed by atoms with E-state index in [1.807, 2.05) is 32.9 Å². The largest absolute Gasteiger partial charge is 0.443 e. The van der Waals surface area contributed by atoms with Crippen LogP contribution in [-0.4, -0.2) is 16.3 Å². The molecule has 0 spiro atoms. The van der Waals surface area contributed by atoms with Crippen LogP contribution in [0.4, 0.5) is 4.79 Å². The zero-order valence-electron chi connectivity index (χ0n) is 12.0. The lowest BCUT2D eigenvalue weighted by Gasteiger charge is -2.20. The number of ether oxygens (including phenoxy) is 1. The van der Waals surface area contributed by atoms with Crippen LogP contribution in [0.15, 0.2) is 18.2 Å². The van der Waals surface area contributed by atoms with E-state index < -0.39 is 5.60 Å². The zero-order valence-corrected chi connectivity index (χ0v) is 16.0. The molecule has 2 rings (SSSR count). The Morgan fingerprint density at radius 2 is 1.95 bits per heavy atom. The van der Waals surface area contributed by atoms with Gasteiger partial charge in [0.2, 0.25) is 0 Å². The van der Waals surface area contributed by atoms with Gasteiger partial charge in [0.15, 0.2) is 0 Å². The van der Waals surface area contributed by atoms with Gasteiger partial charge in [0.1, 0.15) is 5.60 Å². The molecule has 1 aromatic carbocycles. The number of rotatable bonds is 2. The van der Waals surface area contributed by atoms with Gasteiger partial charge >= 0.3 is 6.09 Å². The summed E-state index contributed by atoms with van der Waals surface area (Å²) in [5, 5.41) is 2.80. The maximum atomic E-state index is 12.5. The molecule has 3 nitrogen and oxygen atoms in total. The number of aromatic nitrogens is 1. The van der Waals surface area contributed by atoms with Gasteiger partial charge in [-0.15, -0.1) is 0 Å². The average molecular weight is 438 g/mol. The second-order valence-electron chi connectivity index (χ2n) is 5.67. The quantitative estimate of drug-likeness (QED) is 0.551. The van der Waals surface area contributed by atoms with E-state index in [1.165, 1.54) is 0 Å². The minimum Gasteiger partial charge on any atom is -0.443 e. The maximum absolute atomic E-state index is 12.5. The normalized spacial score (nSPS) is 11.9. The Morgan fingerprint density at radius 1 is 1.29 bits per heavy atom. The number of hydrogen-bond donors (Lipinski definition) is 0. The van der Waals surface area contributed by atoms with Gasteiger partial charge < -0.3 is 4.74 Å². The van der Waals surface area contributed by atoms with Crippen molar-refractivity contribution < 1.29 is 9.53 Å². The monoisotopic (exact) mass is 435 g/mol. The fourth-order valence-corrected chi connectivity index (χ4v) is 3.57. The molecule has 2 aromatic rings. The van der Waals surface area contributed by atoms with Crippen LogP contribution in [0.5, 0.6) is 0 Å². The minimum absolute atomic E-state index is 0.378. The lowest BCUT2D eigenvalue weighted by atomic mass is 10.1. The maximum Gasteiger partial charge on any atom is 0.419 e. The molecule has 0 fully saturated rings. The standard InChI is InChI=1S/C15H16Br2ClNO2/c1-15(2,3)21-14(20)19-12-5-4-9(18)6-10(12)11(7-16)13(19)8-17/h4-6H,7-8H2,1-3H3. The topological polar surface area (TPSA) is 31.2 Å². The first-order valence-corrected chi connectivity index (χ1v) is 9.07. The molecule has 1 aromatic heterocycles. The summed E-state index contributed by atoms with van der Waals surface area (Å²) in [7, 11) is 0. The molecule has 114 valence electrons. The zero-order chi connectivity index (χ0) is 15.8. The summed E-state index contributed by atoms with van der Waals surface area (Å²) in [5.74, 6) is 0. The summed E-state index contributed by atoms with van der Waals surface area (Å²) in [6.07, 6.45) is -0.378. The number of carbonyl (C=O) groups excluding carboxylic acids is 1. The van der Waals surface area contributed by atoms with E-state index >= 15 is 0 Å². The van der Waals surface area contributed by atoms with Crippen LogP contribution in [0, 0.1) is 0 Å². The number of alkyl halides is 2. The second-order valence-corrected chi connectivity index (χ2v) is 7.23. The molecule has 0 amide bonds. The van der Waals surface area contributed by atoms with Gasteiger partial charge in [0.05, 0.1) is 5.52 Å². The highest BCUT2D eigenvalue weighted by Gasteiger charge is 2.24. The Hall–Kier alpha value is -0.520. The first-order chi connectivity index (χ1) is 9.78. The Bertz CT molecular complexity index is 689. The van der Waals surface area contributed by atoms with Crippen LogP contribution >= 0.6 is 43.5 Å². The fourth-order valence-electron chi connectivity index (χ4n) is 2.19. The third-order valence-electron chi connectivity index (χ3n) is 2.98. The highest BCUT2D eigenvalue weighted by atomic mass is 79.9. The van der Waals surface area contributed by atoms with E-state index in [4.69, 9.17) is 16.3 Å². The van der Waals surface area contributed by atoms with Crippen LogP contribution in [0.1, 0.15) is 32.0 Å². The van der Waals surface area contributed by atoms with Crippen LogP contribution < -0.4 is 0 Å². The first-order valence-electron chi connectivity index (χ1n) is 6.45. The van der Waals surface area contributed by atoms with Gasteiger partial charge in [-0.3, -0.25) is 0 Å². The lowest BCUT2D eigenvalue weighted by molar-refractivity contribution is 0.0541. The van der Waals surface area contributed by atoms with E-state index in [-0.39, 0.29) is 6.09 Å². The Kier molecular flexibility index (Phi) is 5.06. The van der Waals surface area contributed by atoms with E-state index in [9.17, 15) is 4.79 Å². The van der Waals surface area contributed by atoms with Crippen molar-refractivity contribution in [1.82, 2.24) is 4.57 Å².